The predicted octanol–water partition coefficient (Wildman–Crippen LogP) is 2.53. The van der Waals surface area contributed by atoms with Gasteiger partial charge in [0.1, 0.15) is 5.76 Å². The first-order valence-electron chi connectivity index (χ1n) is 4.58. The van der Waals surface area contributed by atoms with E-state index >= 15 is 0 Å². The van der Waals surface area contributed by atoms with Crippen LogP contribution in [0, 0.1) is 5.92 Å². The van der Waals surface area contributed by atoms with Crippen molar-refractivity contribution in [3.63, 3.8) is 0 Å². The topological polar surface area (TPSA) is 23.5 Å². The first kappa shape index (κ1) is 9.43. The van der Waals surface area contributed by atoms with Crippen LogP contribution in [0.3, 0.4) is 0 Å². The summed E-state index contributed by atoms with van der Waals surface area (Å²) in [5, 5.41) is 9.53. The molecule has 1 rings (SSSR count). The van der Waals surface area contributed by atoms with Gasteiger partial charge in [-0.05, 0) is 27.2 Å². The average Bonchev–Trinajstić information content (AvgIpc) is 1.92. The molecule has 1 atom stereocenters. The van der Waals surface area contributed by atoms with Crippen molar-refractivity contribution in [2.75, 3.05) is 6.54 Å². The lowest BCUT2D eigenvalue weighted by Gasteiger charge is -2.38. The zero-order chi connectivity index (χ0) is 9.35. The van der Waals surface area contributed by atoms with Crippen LogP contribution in [-0.2, 0) is 0 Å². The molecule has 1 aliphatic rings. The number of nitrogens with zero attached hydrogens (tertiary/aromatic N) is 1. The van der Waals surface area contributed by atoms with Crippen LogP contribution in [0.2, 0.25) is 0 Å². The van der Waals surface area contributed by atoms with Gasteiger partial charge in [-0.25, -0.2) is 0 Å². The van der Waals surface area contributed by atoms with Crippen LogP contribution in [0.15, 0.2) is 12.0 Å². The van der Waals surface area contributed by atoms with Crippen LogP contribution >= 0.6 is 0 Å². The maximum Gasteiger partial charge on any atom is 0.111 e. The van der Waals surface area contributed by atoms with Crippen LogP contribution in [0.25, 0.3) is 0 Å². The van der Waals surface area contributed by atoms with Gasteiger partial charge in [-0.2, -0.15) is 0 Å². The average molecular weight is 169 g/mol. The molecule has 2 heteroatoms. The Morgan fingerprint density at radius 3 is 2.50 bits per heavy atom. The number of hydrogen-bond acceptors (Lipinski definition) is 2. The first-order valence-corrected chi connectivity index (χ1v) is 4.58. The van der Waals surface area contributed by atoms with Crippen molar-refractivity contribution in [2.24, 2.45) is 5.92 Å². The molecule has 0 aromatic heterocycles. The molecule has 0 aromatic carbocycles. The van der Waals surface area contributed by atoms with E-state index in [1.165, 1.54) is 0 Å². The summed E-state index contributed by atoms with van der Waals surface area (Å²) in [5.74, 6) is 0.861. The van der Waals surface area contributed by atoms with E-state index in [4.69, 9.17) is 0 Å². The van der Waals surface area contributed by atoms with Crippen LogP contribution in [0.5, 0.6) is 0 Å². The van der Waals surface area contributed by atoms with E-state index < -0.39 is 0 Å². The minimum Gasteiger partial charge on any atom is -0.511 e. The number of aliphatic hydroxyl groups excluding tert-OH is 1. The highest BCUT2D eigenvalue weighted by Gasteiger charge is 2.24. The third-order valence-corrected chi connectivity index (χ3v) is 2.46. The molecule has 70 valence electrons. The Morgan fingerprint density at radius 2 is 2.08 bits per heavy atom. The molecule has 0 radical (unpaired) electrons. The van der Waals surface area contributed by atoms with Crippen molar-refractivity contribution in [1.29, 1.82) is 0 Å². The largest absolute Gasteiger partial charge is 0.511 e. The van der Waals surface area contributed by atoms with Gasteiger partial charge in [0.2, 0.25) is 0 Å². The number of rotatable bonds is 0. The normalized spacial score (nSPS) is 25.5. The molecule has 0 aliphatic carbocycles. The Morgan fingerprint density at radius 1 is 1.50 bits per heavy atom. The van der Waals surface area contributed by atoms with E-state index in [0.29, 0.717) is 11.7 Å². The highest BCUT2D eigenvalue weighted by molar-refractivity contribution is 5.02. The van der Waals surface area contributed by atoms with Crippen molar-refractivity contribution in [3.8, 4) is 0 Å². The molecule has 0 amide bonds. The quantitative estimate of drug-likeness (QED) is 0.602. The second kappa shape index (κ2) is 3.00. The SMILES string of the molecule is CC1CCN(C(C)(C)C)C=C1O. The number of hydrogen-bond donors (Lipinski definition) is 1. The van der Waals surface area contributed by atoms with Gasteiger partial charge in [0.25, 0.3) is 0 Å². The zero-order valence-corrected chi connectivity index (χ0v) is 8.46. The van der Waals surface area contributed by atoms with Gasteiger partial charge >= 0.3 is 0 Å². The summed E-state index contributed by atoms with van der Waals surface area (Å²) < 4.78 is 0. The third kappa shape index (κ3) is 1.93. The Bertz CT molecular complexity index is 191. The Labute approximate surface area is 74.9 Å². The number of aliphatic hydroxyl groups is 1. The molecular weight excluding hydrogens is 150 g/mol. The van der Waals surface area contributed by atoms with E-state index in [0.717, 1.165) is 13.0 Å². The summed E-state index contributed by atoms with van der Waals surface area (Å²) in [4.78, 5) is 2.20. The minimum absolute atomic E-state index is 0.133. The lowest BCUT2D eigenvalue weighted by Crippen LogP contribution is -2.41. The van der Waals surface area contributed by atoms with E-state index in [1.54, 1.807) is 0 Å². The summed E-state index contributed by atoms with van der Waals surface area (Å²) in [6.45, 7) is 9.59. The van der Waals surface area contributed by atoms with E-state index in [1.807, 2.05) is 6.20 Å². The van der Waals surface area contributed by atoms with Gasteiger partial charge in [0.05, 0.1) is 0 Å². The fraction of sp³-hybridized carbons (Fsp3) is 0.800. The van der Waals surface area contributed by atoms with Crippen molar-refractivity contribution in [3.05, 3.63) is 12.0 Å². The Hall–Kier alpha value is -0.660. The highest BCUT2D eigenvalue weighted by atomic mass is 16.3. The maximum atomic E-state index is 9.53. The molecule has 0 fully saturated rings. The third-order valence-electron chi connectivity index (χ3n) is 2.46. The summed E-state index contributed by atoms with van der Waals surface area (Å²) in [5.41, 5.74) is 0.133. The van der Waals surface area contributed by atoms with Crippen molar-refractivity contribution >= 4 is 0 Å². The lowest BCUT2D eigenvalue weighted by molar-refractivity contribution is 0.155. The lowest BCUT2D eigenvalue weighted by atomic mass is 9.98. The number of allylic oxidation sites excluding steroid dienone is 1. The second-order valence-corrected chi connectivity index (χ2v) is 4.61. The first-order chi connectivity index (χ1) is 5.41. The monoisotopic (exact) mass is 169 g/mol. The minimum atomic E-state index is 0.133. The van der Waals surface area contributed by atoms with Gasteiger partial charge in [0, 0.05) is 24.2 Å². The predicted molar refractivity (Wildman–Crippen MR) is 51.0 cm³/mol. The van der Waals surface area contributed by atoms with Gasteiger partial charge in [-0.15, -0.1) is 0 Å². The Kier molecular flexibility index (Phi) is 2.36. The molecule has 0 saturated heterocycles. The van der Waals surface area contributed by atoms with Gasteiger partial charge in [-0.1, -0.05) is 6.92 Å². The molecule has 2 nitrogen and oxygen atoms in total. The van der Waals surface area contributed by atoms with Crippen molar-refractivity contribution in [2.45, 2.75) is 39.7 Å². The van der Waals surface area contributed by atoms with Crippen LogP contribution in [-0.4, -0.2) is 22.1 Å². The Balaban J connectivity index is 2.73. The molecule has 1 heterocycles. The zero-order valence-electron chi connectivity index (χ0n) is 8.46. The highest BCUT2D eigenvalue weighted by Crippen LogP contribution is 2.24. The molecule has 12 heavy (non-hydrogen) atoms. The molecular formula is C10H19NO. The molecule has 0 spiro atoms. The summed E-state index contributed by atoms with van der Waals surface area (Å²) in [7, 11) is 0. The molecule has 1 unspecified atom stereocenters. The summed E-state index contributed by atoms with van der Waals surface area (Å²) in [6.07, 6.45) is 2.94. The molecule has 0 saturated carbocycles. The molecule has 1 N–H and O–H groups in total. The molecule has 1 aliphatic heterocycles. The second-order valence-electron chi connectivity index (χ2n) is 4.61. The van der Waals surface area contributed by atoms with E-state index in [9.17, 15) is 5.11 Å². The van der Waals surface area contributed by atoms with E-state index in [-0.39, 0.29) is 5.54 Å². The van der Waals surface area contributed by atoms with Crippen molar-refractivity contribution < 1.29 is 5.11 Å². The fourth-order valence-corrected chi connectivity index (χ4v) is 1.36. The van der Waals surface area contributed by atoms with Gasteiger partial charge in [-0.3, -0.25) is 0 Å². The van der Waals surface area contributed by atoms with Crippen LogP contribution in [0.4, 0.5) is 0 Å². The maximum absolute atomic E-state index is 9.53. The van der Waals surface area contributed by atoms with Crippen molar-refractivity contribution in [1.82, 2.24) is 4.90 Å². The molecule has 0 bridgehead atoms. The van der Waals surface area contributed by atoms with Crippen LogP contribution < -0.4 is 0 Å². The van der Waals surface area contributed by atoms with Crippen LogP contribution in [0.1, 0.15) is 34.1 Å². The van der Waals surface area contributed by atoms with E-state index in [2.05, 4.69) is 32.6 Å². The standard InChI is InChI=1S/C10H19NO/c1-8-5-6-11(7-9(8)12)10(2,3)4/h7-8,12H,5-6H2,1-4H3. The fourth-order valence-electron chi connectivity index (χ4n) is 1.36. The van der Waals surface area contributed by atoms with Gasteiger partial charge < -0.3 is 10.0 Å². The summed E-state index contributed by atoms with van der Waals surface area (Å²) in [6, 6.07) is 0. The van der Waals surface area contributed by atoms with Gasteiger partial charge in [0.15, 0.2) is 0 Å². The smallest absolute Gasteiger partial charge is 0.111 e. The summed E-state index contributed by atoms with van der Waals surface area (Å²) >= 11 is 0. The molecule has 0 aromatic rings.